The molecule has 0 aliphatic rings. The summed E-state index contributed by atoms with van der Waals surface area (Å²) in [5, 5.41) is 11.8. The summed E-state index contributed by atoms with van der Waals surface area (Å²) in [4.78, 5) is 11.7. The number of methoxy groups -OCH3 is 1. The average Bonchev–Trinajstić information content (AvgIpc) is 2.38. The Bertz CT molecular complexity index is 449. The predicted octanol–water partition coefficient (Wildman–Crippen LogP) is 1.83. The second-order valence-electron chi connectivity index (χ2n) is 4.23. The number of aliphatic hydroxyl groups excluding tert-OH is 1. The molecule has 7 heteroatoms. The van der Waals surface area contributed by atoms with Gasteiger partial charge < -0.3 is 15.2 Å². The Labute approximate surface area is 114 Å². The van der Waals surface area contributed by atoms with Gasteiger partial charge in [-0.1, -0.05) is 6.07 Å². The van der Waals surface area contributed by atoms with Gasteiger partial charge in [-0.2, -0.15) is 13.2 Å². The highest BCUT2D eigenvalue weighted by atomic mass is 19.4. The van der Waals surface area contributed by atoms with Crippen LogP contribution < -0.4 is 5.32 Å². The molecule has 1 aromatic rings. The molecular weight excluding hydrogens is 275 g/mol. The van der Waals surface area contributed by atoms with Crippen LogP contribution in [0.5, 0.6) is 0 Å². The Morgan fingerprint density at radius 1 is 1.45 bits per heavy atom. The number of halogens is 3. The zero-order valence-corrected chi connectivity index (χ0v) is 10.9. The summed E-state index contributed by atoms with van der Waals surface area (Å²) in [5.74, 6) is -0.610. The van der Waals surface area contributed by atoms with Crippen LogP contribution >= 0.6 is 0 Å². The molecule has 0 saturated carbocycles. The van der Waals surface area contributed by atoms with Crippen molar-refractivity contribution in [3.63, 3.8) is 0 Å². The number of nitrogens with one attached hydrogen (secondary N) is 1. The minimum atomic E-state index is -4.48. The maximum atomic E-state index is 12.5. The summed E-state index contributed by atoms with van der Waals surface area (Å²) in [5.41, 5.74) is -0.939. The van der Waals surface area contributed by atoms with Gasteiger partial charge in [0, 0.05) is 19.2 Å². The van der Waals surface area contributed by atoms with E-state index in [0.717, 1.165) is 12.1 Å². The summed E-state index contributed by atoms with van der Waals surface area (Å²) in [7, 11) is 1.43. The van der Waals surface area contributed by atoms with Gasteiger partial charge in [-0.3, -0.25) is 4.79 Å². The summed E-state index contributed by atoms with van der Waals surface area (Å²) >= 11 is 0. The van der Waals surface area contributed by atoms with E-state index >= 15 is 0 Å². The van der Waals surface area contributed by atoms with Crippen LogP contribution in [0.3, 0.4) is 0 Å². The van der Waals surface area contributed by atoms with Crippen LogP contribution in [0.4, 0.5) is 13.2 Å². The molecule has 0 bridgehead atoms. The molecule has 0 aliphatic heterocycles. The third-order valence-corrected chi connectivity index (χ3v) is 2.57. The Balaban J connectivity index is 2.56. The lowest BCUT2D eigenvalue weighted by Gasteiger charge is -2.11. The van der Waals surface area contributed by atoms with Gasteiger partial charge in [0.25, 0.3) is 5.91 Å². The molecule has 1 rings (SSSR count). The first-order chi connectivity index (χ1) is 9.34. The van der Waals surface area contributed by atoms with E-state index < -0.39 is 23.8 Å². The van der Waals surface area contributed by atoms with Crippen molar-refractivity contribution in [3.8, 4) is 0 Å². The molecule has 1 atom stereocenters. The van der Waals surface area contributed by atoms with E-state index in [1.54, 1.807) is 0 Å². The minimum Gasteiger partial charge on any atom is -0.391 e. The monoisotopic (exact) mass is 291 g/mol. The number of carbonyl (C=O) groups is 1. The summed E-state index contributed by atoms with van der Waals surface area (Å²) in [6.07, 6.45) is -4.94. The van der Waals surface area contributed by atoms with Crippen molar-refractivity contribution in [2.24, 2.45) is 0 Å². The highest BCUT2D eigenvalue weighted by Gasteiger charge is 2.30. The van der Waals surface area contributed by atoms with E-state index in [2.05, 4.69) is 5.32 Å². The second kappa shape index (κ2) is 7.25. The van der Waals surface area contributed by atoms with Crippen LogP contribution in [0, 0.1) is 0 Å². The van der Waals surface area contributed by atoms with Crippen molar-refractivity contribution < 1.29 is 27.8 Å². The summed E-state index contributed by atoms with van der Waals surface area (Å²) in [6, 6.07) is 4.17. The number of amides is 1. The lowest BCUT2D eigenvalue weighted by Crippen LogP contribution is -2.28. The smallest absolute Gasteiger partial charge is 0.391 e. The standard InChI is InChI=1S/C13H16F3NO3/c1-20-8-11(18)5-6-17-12(19)9-3-2-4-10(7-9)13(14,15)16/h2-4,7,11,18H,5-6,8H2,1H3,(H,17,19). The van der Waals surface area contributed by atoms with Crippen LogP contribution in [0.15, 0.2) is 24.3 Å². The molecule has 1 amide bonds. The topological polar surface area (TPSA) is 58.6 Å². The number of rotatable bonds is 6. The van der Waals surface area contributed by atoms with Gasteiger partial charge in [-0.15, -0.1) is 0 Å². The molecule has 20 heavy (non-hydrogen) atoms. The number of hydrogen-bond acceptors (Lipinski definition) is 3. The second-order valence-corrected chi connectivity index (χ2v) is 4.23. The first-order valence-corrected chi connectivity index (χ1v) is 5.97. The van der Waals surface area contributed by atoms with E-state index in [1.165, 1.54) is 19.2 Å². The number of benzene rings is 1. The van der Waals surface area contributed by atoms with Crippen molar-refractivity contribution in [3.05, 3.63) is 35.4 Å². The quantitative estimate of drug-likeness (QED) is 0.840. The Morgan fingerprint density at radius 2 is 2.15 bits per heavy atom. The molecular formula is C13H16F3NO3. The molecule has 0 spiro atoms. The van der Waals surface area contributed by atoms with Gasteiger partial charge in [0.2, 0.25) is 0 Å². The summed E-state index contributed by atoms with van der Waals surface area (Å²) < 4.78 is 42.2. The average molecular weight is 291 g/mol. The molecule has 0 aliphatic carbocycles. The van der Waals surface area contributed by atoms with Crippen LogP contribution in [-0.2, 0) is 10.9 Å². The number of aliphatic hydroxyl groups is 1. The van der Waals surface area contributed by atoms with Gasteiger partial charge in [0.1, 0.15) is 0 Å². The number of ether oxygens (including phenoxy) is 1. The molecule has 4 nitrogen and oxygen atoms in total. The third kappa shape index (κ3) is 5.18. The fourth-order valence-electron chi connectivity index (χ4n) is 1.57. The van der Waals surface area contributed by atoms with Crippen molar-refractivity contribution in [2.75, 3.05) is 20.3 Å². The molecule has 0 heterocycles. The molecule has 1 unspecified atom stereocenters. The molecule has 0 fully saturated rings. The van der Waals surface area contributed by atoms with Gasteiger partial charge >= 0.3 is 6.18 Å². The fraction of sp³-hybridized carbons (Fsp3) is 0.462. The van der Waals surface area contributed by atoms with Crippen molar-refractivity contribution in [1.29, 1.82) is 0 Å². The minimum absolute atomic E-state index is 0.0685. The first kappa shape index (κ1) is 16.5. The van der Waals surface area contributed by atoms with Crippen LogP contribution in [0.1, 0.15) is 22.3 Å². The number of carbonyl (C=O) groups excluding carboxylic acids is 1. The molecule has 112 valence electrons. The zero-order valence-electron chi connectivity index (χ0n) is 10.9. The van der Waals surface area contributed by atoms with Crippen molar-refractivity contribution >= 4 is 5.91 Å². The lowest BCUT2D eigenvalue weighted by molar-refractivity contribution is -0.137. The largest absolute Gasteiger partial charge is 0.416 e. The van der Waals surface area contributed by atoms with Crippen molar-refractivity contribution in [2.45, 2.75) is 18.7 Å². The van der Waals surface area contributed by atoms with Gasteiger partial charge in [0.15, 0.2) is 0 Å². The van der Waals surface area contributed by atoms with Crippen LogP contribution in [0.2, 0.25) is 0 Å². The Kier molecular flexibility index (Phi) is 5.97. The van der Waals surface area contributed by atoms with E-state index in [9.17, 15) is 23.1 Å². The van der Waals surface area contributed by atoms with Crippen molar-refractivity contribution in [1.82, 2.24) is 5.32 Å². The zero-order chi connectivity index (χ0) is 15.2. The van der Waals surface area contributed by atoms with E-state index in [0.29, 0.717) is 0 Å². The molecule has 1 aromatic carbocycles. The summed E-state index contributed by atoms with van der Waals surface area (Å²) in [6.45, 7) is 0.291. The van der Waals surface area contributed by atoms with Crippen LogP contribution in [0.25, 0.3) is 0 Å². The maximum absolute atomic E-state index is 12.5. The van der Waals surface area contributed by atoms with Gasteiger partial charge in [-0.05, 0) is 24.6 Å². The highest BCUT2D eigenvalue weighted by Crippen LogP contribution is 2.29. The Morgan fingerprint density at radius 3 is 2.75 bits per heavy atom. The normalized spacial score (nSPS) is 13.1. The molecule has 0 aromatic heterocycles. The maximum Gasteiger partial charge on any atom is 0.416 e. The fourth-order valence-corrected chi connectivity index (χ4v) is 1.57. The number of hydrogen-bond donors (Lipinski definition) is 2. The predicted molar refractivity (Wildman–Crippen MR) is 66.3 cm³/mol. The molecule has 0 saturated heterocycles. The van der Waals surface area contributed by atoms with E-state index in [1.807, 2.05) is 0 Å². The third-order valence-electron chi connectivity index (χ3n) is 2.57. The van der Waals surface area contributed by atoms with Gasteiger partial charge in [0.05, 0.1) is 18.3 Å². The van der Waals surface area contributed by atoms with E-state index in [4.69, 9.17) is 4.74 Å². The van der Waals surface area contributed by atoms with Crippen LogP contribution in [-0.4, -0.2) is 37.4 Å². The Hall–Kier alpha value is -1.60. The molecule has 2 N–H and O–H groups in total. The lowest BCUT2D eigenvalue weighted by atomic mass is 10.1. The SMILES string of the molecule is COCC(O)CCNC(=O)c1cccc(C(F)(F)F)c1. The van der Waals surface area contributed by atoms with E-state index in [-0.39, 0.29) is 25.1 Å². The number of alkyl halides is 3. The molecule has 0 radical (unpaired) electrons. The van der Waals surface area contributed by atoms with Gasteiger partial charge in [-0.25, -0.2) is 0 Å². The highest BCUT2D eigenvalue weighted by molar-refractivity contribution is 5.94. The first-order valence-electron chi connectivity index (χ1n) is 5.97.